The Morgan fingerprint density at radius 3 is 2.61 bits per heavy atom. The number of hydrogen-bond acceptors (Lipinski definition) is 8. The molecule has 2 aliphatic carbocycles. The average Bonchev–Trinajstić information content (AvgIpc) is 3.50. The lowest BCUT2D eigenvalue weighted by molar-refractivity contribution is -0.139. The zero-order valence-corrected chi connectivity index (χ0v) is 18.2. The SMILES string of the molecule is O=C(CSc1nnc(N2CCOCC2)n1C1CC1)NN1C(=O)NC2(CCCCC2)C1=O. The number of urea groups is 1. The molecule has 1 aromatic rings. The highest BCUT2D eigenvalue weighted by Gasteiger charge is 2.52. The Hall–Kier alpha value is -2.34. The summed E-state index contributed by atoms with van der Waals surface area (Å²) in [6, 6.07) is -0.198. The summed E-state index contributed by atoms with van der Waals surface area (Å²) >= 11 is 1.27. The van der Waals surface area contributed by atoms with Crippen LogP contribution in [-0.4, -0.2) is 75.2 Å². The highest BCUT2D eigenvalue weighted by atomic mass is 32.2. The van der Waals surface area contributed by atoms with Crippen molar-refractivity contribution >= 4 is 35.6 Å². The van der Waals surface area contributed by atoms with E-state index < -0.39 is 17.5 Å². The van der Waals surface area contributed by atoms with Crippen molar-refractivity contribution in [2.75, 3.05) is 37.0 Å². The first kappa shape index (κ1) is 20.6. The van der Waals surface area contributed by atoms with Crippen LogP contribution >= 0.6 is 11.8 Å². The lowest BCUT2D eigenvalue weighted by atomic mass is 9.82. The van der Waals surface area contributed by atoms with Gasteiger partial charge in [0, 0.05) is 19.1 Å². The number of thioether (sulfide) groups is 1. The molecule has 4 fully saturated rings. The molecule has 2 N–H and O–H groups in total. The van der Waals surface area contributed by atoms with E-state index in [9.17, 15) is 14.4 Å². The third-order valence-corrected chi connectivity index (χ3v) is 7.23. The van der Waals surface area contributed by atoms with Crippen LogP contribution in [0.4, 0.5) is 10.7 Å². The van der Waals surface area contributed by atoms with Crippen molar-refractivity contribution < 1.29 is 19.1 Å². The lowest BCUT2D eigenvalue weighted by Gasteiger charge is -2.30. The summed E-state index contributed by atoms with van der Waals surface area (Å²) in [5.41, 5.74) is 1.63. The Labute approximate surface area is 184 Å². The molecule has 2 aliphatic heterocycles. The second-order valence-corrected chi connectivity index (χ2v) is 9.46. The summed E-state index contributed by atoms with van der Waals surface area (Å²) < 4.78 is 7.53. The van der Waals surface area contributed by atoms with Crippen molar-refractivity contribution in [2.24, 2.45) is 0 Å². The largest absolute Gasteiger partial charge is 0.378 e. The van der Waals surface area contributed by atoms with Crippen molar-refractivity contribution in [3.05, 3.63) is 0 Å². The van der Waals surface area contributed by atoms with E-state index in [1.54, 1.807) is 0 Å². The molecule has 31 heavy (non-hydrogen) atoms. The molecule has 1 spiro atoms. The topological polar surface area (TPSA) is 122 Å². The third-order valence-electron chi connectivity index (χ3n) is 6.29. The van der Waals surface area contributed by atoms with Crippen LogP contribution in [0.5, 0.6) is 0 Å². The monoisotopic (exact) mass is 449 g/mol. The first-order valence-electron chi connectivity index (χ1n) is 10.9. The fraction of sp³-hybridized carbons (Fsp3) is 0.737. The number of hydrogen-bond donors (Lipinski definition) is 2. The van der Waals surface area contributed by atoms with Gasteiger partial charge in [0.1, 0.15) is 5.54 Å². The van der Waals surface area contributed by atoms with Crippen molar-refractivity contribution in [3.63, 3.8) is 0 Å². The maximum Gasteiger partial charge on any atom is 0.344 e. The highest BCUT2D eigenvalue weighted by Crippen LogP contribution is 2.41. The molecule has 0 bridgehead atoms. The number of nitrogens with zero attached hydrogens (tertiary/aromatic N) is 5. The summed E-state index contributed by atoms with van der Waals surface area (Å²) in [6.07, 6.45) is 6.22. The molecule has 12 heteroatoms. The van der Waals surface area contributed by atoms with Crippen molar-refractivity contribution in [2.45, 2.75) is 61.7 Å². The zero-order valence-electron chi connectivity index (χ0n) is 17.3. The van der Waals surface area contributed by atoms with Crippen molar-refractivity contribution in [1.82, 2.24) is 30.5 Å². The molecule has 2 saturated heterocycles. The molecule has 0 unspecified atom stereocenters. The van der Waals surface area contributed by atoms with Crippen LogP contribution in [0.2, 0.25) is 0 Å². The second kappa shape index (κ2) is 8.30. The summed E-state index contributed by atoms with van der Waals surface area (Å²) in [7, 11) is 0. The molecule has 4 amide bonds. The first-order valence-corrected chi connectivity index (χ1v) is 11.9. The quantitative estimate of drug-likeness (QED) is 0.484. The molecule has 5 rings (SSSR count). The van der Waals surface area contributed by atoms with Crippen LogP contribution in [0.3, 0.4) is 0 Å². The van der Waals surface area contributed by atoms with Gasteiger partial charge in [-0.1, -0.05) is 31.0 Å². The van der Waals surface area contributed by atoms with E-state index in [4.69, 9.17) is 4.74 Å². The van der Waals surface area contributed by atoms with Gasteiger partial charge in [-0.3, -0.25) is 19.6 Å². The lowest BCUT2D eigenvalue weighted by Crippen LogP contribution is -2.51. The number of amides is 4. The number of nitrogens with one attached hydrogen (secondary N) is 2. The minimum atomic E-state index is -0.852. The fourth-order valence-corrected chi connectivity index (χ4v) is 5.30. The first-order chi connectivity index (χ1) is 15.1. The maximum atomic E-state index is 12.8. The van der Waals surface area contributed by atoms with E-state index in [0.29, 0.717) is 37.3 Å². The van der Waals surface area contributed by atoms with Gasteiger partial charge in [0.15, 0.2) is 5.16 Å². The minimum absolute atomic E-state index is 0.0397. The maximum absolute atomic E-state index is 12.8. The number of imide groups is 1. The normalized spacial score (nSPS) is 23.4. The van der Waals surface area contributed by atoms with Gasteiger partial charge in [0.2, 0.25) is 11.9 Å². The summed E-state index contributed by atoms with van der Waals surface area (Å²) in [5, 5.41) is 13.0. The Morgan fingerprint density at radius 2 is 1.90 bits per heavy atom. The molecule has 1 aromatic heterocycles. The predicted octanol–water partition coefficient (Wildman–Crippen LogP) is 0.828. The summed E-state index contributed by atoms with van der Waals surface area (Å²) in [4.78, 5) is 39.9. The summed E-state index contributed by atoms with van der Waals surface area (Å²) in [6.45, 7) is 2.86. The standard InChI is InChI=1S/C19H27N7O4S/c27-14(23-26-15(28)19(20-17(26)29)6-2-1-3-7-19)12-31-18-22-21-16(25(18)13-4-5-13)24-8-10-30-11-9-24/h13H,1-12H2,(H,20,29)(H,23,27). The number of carbonyl (C=O) groups is 3. The van der Waals surface area contributed by atoms with E-state index in [-0.39, 0.29) is 11.7 Å². The number of morpholine rings is 1. The molecule has 4 aliphatic rings. The minimum Gasteiger partial charge on any atom is -0.378 e. The van der Waals surface area contributed by atoms with E-state index >= 15 is 0 Å². The van der Waals surface area contributed by atoms with Crippen LogP contribution in [0, 0.1) is 0 Å². The zero-order chi connectivity index (χ0) is 21.4. The molecule has 2 saturated carbocycles. The van der Waals surface area contributed by atoms with Gasteiger partial charge >= 0.3 is 6.03 Å². The van der Waals surface area contributed by atoms with Gasteiger partial charge in [-0.15, -0.1) is 10.2 Å². The van der Waals surface area contributed by atoms with E-state index in [0.717, 1.165) is 56.2 Å². The summed E-state index contributed by atoms with van der Waals surface area (Å²) in [5.74, 6) is 0.0888. The number of aromatic nitrogens is 3. The highest BCUT2D eigenvalue weighted by molar-refractivity contribution is 7.99. The molecule has 11 nitrogen and oxygen atoms in total. The van der Waals surface area contributed by atoms with Crippen molar-refractivity contribution in [1.29, 1.82) is 0 Å². The van der Waals surface area contributed by atoms with E-state index in [2.05, 4.69) is 30.4 Å². The van der Waals surface area contributed by atoms with Gasteiger partial charge in [-0.25, -0.2) is 4.79 Å². The van der Waals surface area contributed by atoms with Crippen LogP contribution < -0.4 is 15.6 Å². The van der Waals surface area contributed by atoms with Crippen LogP contribution in [-0.2, 0) is 14.3 Å². The van der Waals surface area contributed by atoms with Gasteiger partial charge in [-0.2, -0.15) is 5.01 Å². The molecule has 0 aromatic carbocycles. The average molecular weight is 450 g/mol. The molecule has 3 heterocycles. The van der Waals surface area contributed by atoms with Crippen molar-refractivity contribution in [3.8, 4) is 0 Å². The number of anilines is 1. The Morgan fingerprint density at radius 1 is 1.16 bits per heavy atom. The fourth-order valence-electron chi connectivity index (χ4n) is 4.50. The Bertz CT molecular complexity index is 875. The van der Waals surface area contributed by atoms with E-state index in [1.165, 1.54) is 11.8 Å². The number of hydrazine groups is 1. The Kier molecular flexibility index (Phi) is 5.51. The van der Waals surface area contributed by atoms with Crippen LogP contribution in [0.1, 0.15) is 51.0 Å². The molecular weight excluding hydrogens is 422 g/mol. The van der Waals surface area contributed by atoms with Crippen LogP contribution in [0.15, 0.2) is 5.16 Å². The smallest absolute Gasteiger partial charge is 0.344 e. The third kappa shape index (κ3) is 3.98. The molecule has 168 valence electrons. The van der Waals surface area contributed by atoms with Gasteiger partial charge in [-0.05, 0) is 25.7 Å². The van der Waals surface area contributed by atoms with E-state index in [1.807, 2.05) is 0 Å². The molecular formula is C19H27N7O4S. The number of rotatable bonds is 6. The predicted molar refractivity (Wildman–Crippen MR) is 111 cm³/mol. The number of ether oxygens (including phenoxy) is 1. The van der Waals surface area contributed by atoms with Gasteiger partial charge in [0.05, 0.1) is 19.0 Å². The second-order valence-electron chi connectivity index (χ2n) is 8.52. The van der Waals surface area contributed by atoms with Gasteiger partial charge < -0.3 is 15.0 Å². The number of carbonyl (C=O) groups excluding carboxylic acids is 3. The van der Waals surface area contributed by atoms with Gasteiger partial charge in [0.25, 0.3) is 5.91 Å². The molecule has 0 atom stereocenters. The van der Waals surface area contributed by atoms with Crippen LogP contribution in [0.25, 0.3) is 0 Å². The Balaban J connectivity index is 1.22. The molecule has 0 radical (unpaired) electrons.